The number of carbonyl (C=O) groups is 4. The fourth-order valence-electron chi connectivity index (χ4n) is 3.52. The molecule has 2 aromatic carbocycles. The SMILES string of the molecule is NC(=O)CCNC(=O)c1ccccc1NC(=O)C1CCCN(C(=O)Nc2ccccc2)C1. The van der Waals surface area contributed by atoms with Crippen LogP contribution in [-0.4, -0.2) is 48.3 Å². The van der Waals surface area contributed by atoms with Gasteiger partial charge in [0.05, 0.1) is 17.2 Å². The van der Waals surface area contributed by atoms with Crippen LogP contribution < -0.4 is 21.7 Å². The molecule has 0 aromatic heterocycles. The molecule has 1 aliphatic heterocycles. The van der Waals surface area contributed by atoms with E-state index in [1.807, 2.05) is 18.2 Å². The molecule has 5 amide bonds. The topological polar surface area (TPSA) is 134 Å². The number of benzene rings is 2. The minimum atomic E-state index is -0.509. The molecule has 0 aliphatic carbocycles. The van der Waals surface area contributed by atoms with E-state index in [0.29, 0.717) is 36.3 Å². The van der Waals surface area contributed by atoms with E-state index in [1.165, 1.54) is 0 Å². The average Bonchev–Trinajstić information content (AvgIpc) is 2.80. The van der Waals surface area contributed by atoms with Crippen LogP contribution in [0.25, 0.3) is 0 Å². The van der Waals surface area contributed by atoms with Gasteiger partial charge in [-0.3, -0.25) is 14.4 Å². The Morgan fingerprint density at radius 3 is 2.44 bits per heavy atom. The fraction of sp³-hybridized carbons (Fsp3) is 0.304. The number of anilines is 2. The van der Waals surface area contributed by atoms with Crippen LogP contribution in [0.5, 0.6) is 0 Å². The summed E-state index contributed by atoms with van der Waals surface area (Å²) in [6.07, 6.45) is 1.38. The van der Waals surface area contributed by atoms with Crippen molar-refractivity contribution in [2.75, 3.05) is 30.3 Å². The third-order valence-electron chi connectivity index (χ3n) is 5.19. The third-order valence-corrected chi connectivity index (χ3v) is 5.19. The Kier molecular flexibility index (Phi) is 7.80. The minimum absolute atomic E-state index is 0.0310. The Morgan fingerprint density at radius 2 is 1.69 bits per heavy atom. The molecule has 3 rings (SSSR count). The second kappa shape index (κ2) is 10.9. The first kappa shape index (κ1) is 22.8. The lowest BCUT2D eigenvalue weighted by molar-refractivity contribution is -0.121. The van der Waals surface area contributed by atoms with E-state index in [0.717, 1.165) is 0 Å². The molecule has 9 nitrogen and oxygen atoms in total. The average molecular weight is 438 g/mol. The lowest BCUT2D eigenvalue weighted by atomic mass is 9.97. The number of rotatable bonds is 7. The predicted octanol–water partition coefficient (Wildman–Crippen LogP) is 2.17. The van der Waals surface area contributed by atoms with Crippen molar-refractivity contribution in [2.24, 2.45) is 11.7 Å². The zero-order chi connectivity index (χ0) is 22.9. The molecule has 1 fully saturated rings. The number of carbonyl (C=O) groups excluding carboxylic acids is 4. The van der Waals surface area contributed by atoms with Crippen molar-refractivity contribution in [1.29, 1.82) is 0 Å². The summed E-state index contributed by atoms with van der Waals surface area (Å²) in [5.41, 5.74) is 6.45. The second-order valence-electron chi connectivity index (χ2n) is 7.59. The van der Waals surface area contributed by atoms with E-state index in [2.05, 4.69) is 16.0 Å². The predicted molar refractivity (Wildman–Crippen MR) is 121 cm³/mol. The maximum absolute atomic E-state index is 12.9. The van der Waals surface area contributed by atoms with Crippen LogP contribution in [0.3, 0.4) is 0 Å². The van der Waals surface area contributed by atoms with Crippen LogP contribution in [0.15, 0.2) is 54.6 Å². The quantitative estimate of drug-likeness (QED) is 0.528. The first-order chi connectivity index (χ1) is 15.4. The number of primary amides is 1. The Morgan fingerprint density at radius 1 is 0.969 bits per heavy atom. The first-order valence-electron chi connectivity index (χ1n) is 10.5. The Balaban J connectivity index is 1.60. The van der Waals surface area contributed by atoms with Crippen molar-refractivity contribution in [3.63, 3.8) is 0 Å². The third kappa shape index (κ3) is 6.31. The number of hydrogen-bond donors (Lipinski definition) is 4. The molecule has 168 valence electrons. The maximum atomic E-state index is 12.9. The van der Waals surface area contributed by atoms with Gasteiger partial charge in [0.2, 0.25) is 11.8 Å². The smallest absolute Gasteiger partial charge is 0.321 e. The monoisotopic (exact) mass is 437 g/mol. The van der Waals surface area contributed by atoms with E-state index < -0.39 is 17.7 Å². The number of nitrogens with one attached hydrogen (secondary N) is 3. The standard InChI is InChI=1S/C23H27N5O4/c24-20(29)12-13-25-22(31)18-10-4-5-11-19(18)27-21(30)16-7-6-14-28(15-16)23(32)26-17-8-2-1-3-9-17/h1-5,8-11,16H,6-7,12-15H2,(H2,24,29)(H,25,31)(H,26,32)(H,27,30). The van der Waals surface area contributed by atoms with Gasteiger partial charge >= 0.3 is 6.03 Å². The summed E-state index contributed by atoms with van der Waals surface area (Å²) in [4.78, 5) is 50.4. The van der Waals surface area contributed by atoms with E-state index in [9.17, 15) is 19.2 Å². The van der Waals surface area contributed by atoms with Crippen molar-refractivity contribution >= 4 is 35.1 Å². The van der Waals surface area contributed by atoms with Gasteiger partial charge in [-0.1, -0.05) is 30.3 Å². The normalized spacial score (nSPS) is 15.5. The van der Waals surface area contributed by atoms with Crippen LogP contribution in [0.1, 0.15) is 29.6 Å². The molecular weight excluding hydrogens is 410 g/mol. The molecule has 32 heavy (non-hydrogen) atoms. The number of hydrogen-bond acceptors (Lipinski definition) is 4. The van der Waals surface area contributed by atoms with E-state index >= 15 is 0 Å². The highest BCUT2D eigenvalue weighted by Crippen LogP contribution is 2.22. The van der Waals surface area contributed by atoms with Crippen LogP contribution in [0.2, 0.25) is 0 Å². The Bertz CT molecular complexity index is 979. The Labute approximate surface area is 186 Å². The molecule has 2 aromatic rings. The van der Waals surface area contributed by atoms with Crippen LogP contribution in [0.4, 0.5) is 16.2 Å². The fourth-order valence-corrected chi connectivity index (χ4v) is 3.52. The first-order valence-corrected chi connectivity index (χ1v) is 10.5. The van der Waals surface area contributed by atoms with Gasteiger partial charge in [-0.05, 0) is 37.1 Å². The van der Waals surface area contributed by atoms with Crippen molar-refractivity contribution < 1.29 is 19.2 Å². The number of urea groups is 1. The zero-order valence-corrected chi connectivity index (χ0v) is 17.7. The summed E-state index contributed by atoms with van der Waals surface area (Å²) in [5, 5.41) is 8.28. The number of nitrogens with two attached hydrogens (primary N) is 1. The van der Waals surface area contributed by atoms with E-state index in [4.69, 9.17) is 5.73 Å². The lowest BCUT2D eigenvalue weighted by Gasteiger charge is -2.32. The van der Waals surface area contributed by atoms with Crippen molar-refractivity contribution in [1.82, 2.24) is 10.2 Å². The molecule has 0 bridgehead atoms. The lowest BCUT2D eigenvalue weighted by Crippen LogP contribution is -2.45. The molecule has 1 saturated heterocycles. The largest absolute Gasteiger partial charge is 0.370 e. The van der Waals surface area contributed by atoms with Crippen LogP contribution >= 0.6 is 0 Å². The highest BCUT2D eigenvalue weighted by Gasteiger charge is 2.29. The zero-order valence-electron chi connectivity index (χ0n) is 17.7. The van der Waals surface area contributed by atoms with Gasteiger partial charge in [0.25, 0.3) is 5.91 Å². The Hall–Kier alpha value is -3.88. The summed E-state index contributed by atoms with van der Waals surface area (Å²) in [6.45, 7) is 0.976. The molecule has 1 atom stereocenters. The van der Waals surface area contributed by atoms with Gasteiger partial charge in [-0.25, -0.2) is 4.79 Å². The molecule has 0 spiro atoms. The van der Waals surface area contributed by atoms with Gasteiger partial charge in [0, 0.05) is 31.7 Å². The summed E-state index contributed by atoms with van der Waals surface area (Å²) in [7, 11) is 0. The van der Waals surface area contributed by atoms with Gasteiger partial charge < -0.3 is 26.6 Å². The highest BCUT2D eigenvalue weighted by atomic mass is 16.2. The summed E-state index contributed by atoms with van der Waals surface area (Å²) >= 11 is 0. The van der Waals surface area contributed by atoms with Crippen LogP contribution in [0, 0.1) is 5.92 Å². The van der Waals surface area contributed by atoms with E-state index in [-0.39, 0.29) is 31.4 Å². The number of para-hydroxylation sites is 2. The maximum Gasteiger partial charge on any atom is 0.321 e. The van der Waals surface area contributed by atoms with Gasteiger partial charge in [0.1, 0.15) is 0 Å². The minimum Gasteiger partial charge on any atom is -0.370 e. The summed E-state index contributed by atoms with van der Waals surface area (Å²) < 4.78 is 0. The second-order valence-corrected chi connectivity index (χ2v) is 7.59. The summed E-state index contributed by atoms with van der Waals surface area (Å²) in [6, 6.07) is 15.5. The number of amides is 5. The number of likely N-dealkylation sites (tertiary alicyclic amines) is 1. The van der Waals surface area contributed by atoms with Crippen LogP contribution in [-0.2, 0) is 9.59 Å². The molecule has 0 saturated carbocycles. The number of piperidine rings is 1. The molecule has 1 heterocycles. The highest BCUT2D eigenvalue weighted by molar-refractivity contribution is 6.04. The molecule has 0 radical (unpaired) electrons. The molecular formula is C23H27N5O4. The molecule has 1 aliphatic rings. The van der Waals surface area contributed by atoms with Crippen molar-refractivity contribution in [3.05, 3.63) is 60.2 Å². The molecule has 9 heteroatoms. The van der Waals surface area contributed by atoms with Gasteiger partial charge in [-0.2, -0.15) is 0 Å². The number of nitrogens with zero attached hydrogens (tertiary/aromatic N) is 1. The molecule has 5 N–H and O–H groups in total. The summed E-state index contributed by atoms with van der Waals surface area (Å²) in [5.74, 6) is -1.56. The molecule has 1 unspecified atom stereocenters. The van der Waals surface area contributed by atoms with E-state index in [1.54, 1.807) is 41.3 Å². The van der Waals surface area contributed by atoms with Gasteiger partial charge in [0.15, 0.2) is 0 Å². The van der Waals surface area contributed by atoms with Crippen molar-refractivity contribution in [3.8, 4) is 0 Å². The van der Waals surface area contributed by atoms with Crippen molar-refractivity contribution in [2.45, 2.75) is 19.3 Å². The van der Waals surface area contributed by atoms with Gasteiger partial charge in [-0.15, -0.1) is 0 Å².